The lowest BCUT2D eigenvalue weighted by molar-refractivity contribution is 0.0859. The summed E-state index contributed by atoms with van der Waals surface area (Å²) in [5, 5.41) is 5.33. The molecule has 3 rings (SSSR count). The number of rotatable bonds is 5. The normalized spacial score (nSPS) is 16.5. The molecule has 4 nitrogen and oxygen atoms in total. The van der Waals surface area contributed by atoms with Gasteiger partial charge in [0.1, 0.15) is 6.10 Å². The van der Waals surface area contributed by atoms with Gasteiger partial charge in [-0.1, -0.05) is 40.5 Å². The van der Waals surface area contributed by atoms with E-state index in [1.54, 1.807) is 26.4 Å². The van der Waals surface area contributed by atoms with Gasteiger partial charge in [-0.2, -0.15) is 0 Å². The Morgan fingerprint density at radius 1 is 1.08 bits per heavy atom. The zero-order chi connectivity index (χ0) is 17.1. The Morgan fingerprint density at radius 2 is 1.79 bits per heavy atom. The molecule has 0 unspecified atom stereocenters. The van der Waals surface area contributed by atoms with Gasteiger partial charge in [0.15, 0.2) is 11.5 Å². The molecule has 0 bridgehead atoms. The van der Waals surface area contributed by atoms with Crippen LogP contribution in [0.1, 0.15) is 17.5 Å². The first-order valence-electron chi connectivity index (χ1n) is 7.50. The quantitative estimate of drug-likeness (QED) is 0.767. The molecule has 0 aliphatic carbocycles. The van der Waals surface area contributed by atoms with E-state index in [-0.39, 0.29) is 6.10 Å². The highest BCUT2D eigenvalue weighted by molar-refractivity contribution is 6.40. The van der Waals surface area contributed by atoms with E-state index < -0.39 is 0 Å². The van der Waals surface area contributed by atoms with Gasteiger partial charge in [-0.15, -0.1) is 0 Å². The predicted octanol–water partition coefficient (Wildman–Crippen LogP) is 4.75. The van der Waals surface area contributed by atoms with Gasteiger partial charge in [0.05, 0.1) is 30.0 Å². The smallest absolute Gasteiger partial charge is 0.160 e. The van der Waals surface area contributed by atoms with Crippen LogP contribution in [-0.2, 0) is 11.3 Å². The minimum atomic E-state index is -0.0644. The van der Waals surface area contributed by atoms with E-state index in [1.807, 2.05) is 24.3 Å². The van der Waals surface area contributed by atoms with Crippen molar-refractivity contribution in [1.82, 2.24) is 0 Å². The standard InChI is InChI=1S/C18H17Cl2NO3/c1-22-16-7-6-11(9-17(16)23-2)8-12-10-15(21-24-12)18-13(19)4-3-5-14(18)20/h3-7,9,12H,8,10H2,1-2H3/t12-/m1/s1. The summed E-state index contributed by atoms with van der Waals surface area (Å²) in [4.78, 5) is 5.56. The van der Waals surface area contributed by atoms with Gasteiger partial charge in [-0.3, -0.25) is 0 Å². The zero-order valence-electron chi connectivity index (χ0n) is 13.4. The first kappa shape index (κ1) is 16.9. The van der Waals surface area contributed by atoms with Crippen molar-refractivity contribution >= 4 is 28.9 Å². The van der Waals surface area contributed by atoms with Crippen LogP contribution in [0.5, 0.6) is 11.5 Å². The van der Waals surface area contributed by atoms with E-state index in [9.17, 15) is 0 Å². The van der Waals surface area contributed by atoms with Gasteiger partial charge in [0, 0.05) is 18.4 Å². The van der Waals surface area contributed by atoms with Crippen molar-refractivity contribution in [2.45, 2.75) is 18.9 Å². The first-order valence-corrected chi connectivity index (χ1v) is 8.26. The average Bonchev–Trinajstić information content (AvgIpc) is 3.02. The van der Waals surface area contributed by atoms with Crippen LogP contribution in [-0.4, -0.2) is 26.0 Å². The van der Waals surface area contributed by atoms with E-state index in [2.05, 4.69) is 5.16 Å². The maximum atomic E-state index is 6.24. The van der Waals surface area contributed by atoms with Gasteiger partial charge in [0.2, 0.25) is 0 Å². The maximum Gasteiger partial charge on any atom is 0.160 e. The summed E-state index contributed by atoms with van der Waals surface area (Å²) in [5.74, 6) is 1.40. The van der Waals surface area contributed by atoms with Crippen LogP contribution >= 0.6 is 23.2 Å². The number of ether oxygens (including phenoxy) is 2. The molecule has 1 aliphatic rings. The number of nitrogens with zero attached hydrogens (tertiary/aromatic N) is 1. The van der Waals surface area contributed by atoms with Crippen LogP contribution in [0.25, 0.3) is 0 Å². The molecular formula is C18H17Cl2NO3. The second-order valence-electron chi connectivity index (χ2n) is 5.46. The third kappa shape index (κ3) is 3.45. The largest absolute Gasteiger partial charge is 0.493 e. The van der Waals surface area contributed by atoms with Crippen molar-refractivity contribution in [2.24, 2.45) is 5.16 Å². The molecule has 6 heteroatoms. The fraction of sp³-hybridized carbons (Fsp3) is 0.278. The molecule has 126 valence electrons. The molecule has 0 radical (unpaired) electrons. The minimum Gasteiger partial charge on any atom is -0.493 e. The summed E-state index contributed by atoms with van der Waals surface area (Å²) in [6, 6.07) is 11.2. The Hall–Kier alpha value is -1.91. The molecule has 0 saturated heterocycles. The van der Waals surface area contributed by atoms with Crippen LogP contribution in [0.4, 0.5) is 0 Å². The molecule has 2 aromatic carbocycles. The topological polar surface area (TPSA) is 40.0 Å². The predicted molar refractivity (Wildman–Crippen MR) is 95.7 cm³/mol. The molecule has 0 fully saturated rings. The number of benzene rings is 2. The van der Waals surface area contributed by atoms with Gasteiger partial charge < -0.3 is 14.3 Å². The van der Waals surface area contributed by atoms with Gasteiger partial charge in [-0.05, 0) is 29.8 Å². The van der Waals surface area contributed by atoms with E-state index in [1.165, 1.54) is 0 Å². The highest BCUT2D eigenvalue weighted by Gasteiger charge is 2.25. The van der Waals surface area contributed by atoms with Crippen molar-refractivity contribution in [1.29, 1.82) is 0 Å². The lowest BCUT2D eigenvalue weighted by atomic mass is 10.00. The van der Waals surface area contributed by atoms with Gasteiger partial charge in [0.25, 0.3) is 0 Å². The second kappa shape index (κ2) is 7.32. The number of methoxy groups -OCH3 is 2. The summed E-state index contributed by atoms with van der Waals surface area (Å²) in [5.41, 5.74) is 2.60. The number of hydrogen-bond donors (Lipinski definition) is 0. The summed E-state index contributed by atoms with van der Waals surface area (Å²) in [6.45, 7) is 0. The molecule has 24 heavy (non-hydrogen) atoms. The van der Waals surface area contributed by atoms with Crippen LogP contribution in [0.15, 0.2) is 41.6 Å². The van der Waals surface area contributed by atoms with Crippen molar-refractivity contribution in [3.05, 3.63) is 57.6 Å². The fourth-order valence-electron chi connectivity index (χ4n) is 2.73. The SMILES string of the molecule is COc1ccc(C[C@@H]2CC(c3c(Cl)cccc3Cl)=NO2)cc1OC. The van der Waals surface area contributed by atoms with E-state index in [0.29, 0.717) is 34.4 Å². The molecule has 0 spiro atoms. The van der Waals surface area contributed by atoms with Crippen LogP contribution in [0, 0.1) is 0 Å². The highest BCUT2D eigenvalue weighted by atomic mass is 35.5. The van der Waals surface area contributed by atoms with E-state index in [4.69, 9.17) is 37.5 Å². The number of oxime groups is 1. The lowest BCUT2D eigenvalue weighted by Crippen LogP contribution is -2.12. The summed E-state index contributed by atoms with van der Waals surface area (Å²) < 4.78 is 10.6. The molecular weight excluding hydrogens is 349 g/mol. The fourth-order valence-corrected chi connectivity index (χ4v) is 3.35. The zero-order valence-corrected chi connectivity index (χ0v) is 14.9. The van der Waals surface area contributed by atoms with Crippen molar-refractivity contribution < 1.29 is 14.3 Å². The van der Waals surface area contributed by atoms with Crippen molar-refractivity contribution in [2.75, 3.05) is 14.2 Å². The Kier molecular flexibility index (Phi) is 5.17. The maximum absolute atomic E-state index is 6.24. The Balaban J connectivity index is 1.72. The highest BCUT2D eigenvalue weighted by Crippen LogP contribution is 2.32. The van der Waals surface area contributed by atoms with Crippen molar-refractivity contribution in [3.63, 3.8) is 0 Å². The van der Waals surface area contributed by atoms with E-state index in [0.717, 1.165) is 16.8 Å². The molecule has 0 aromatic heterocycles. The number of hydrogen-bond acceptors (Lipinski definition) is 4. The van der Waals surface area contributed by atoms with Crippen LogP contribution < -0.4 is 9.47 Å². The summed E-state index contributed by atoms with van der Waals surface area (Å²) >= 11 is 12.5. The summed E-state index contributed by atoms with van der Waals surface area (Å²) in [7, 11) is 3.24. The monoisotopic (exact) mass is 365 g/mol. The third-order valence-electron chi connectivity index (χ3n) is 3.90. The molecule has 2 aromatic rings. The van der Waals surface area contributed by atoms with Gasteiger partial charge >= 0.3 is 0 Å². The van der Waals surface area contributed by atoms with E-state index >= 15 is 0 Å². The molecule has 0 amide bonds. The van der Waals surface area contributed by atoms with Crippen LogP contribution in [0.2, 0.25) is 10.0 Å². The van der Waals surface area contributed by atoms with Crippen LogP contribution in [0.3, 0.4) is 0 Å². The third-order valence-corrected chi connectivity index (χ3v) is 4.53. The Bertz CT molecular complexity index is 757. The molecule has 1 heterocycles. The first-order chi connectivity index (χ1) is 11.6. The molecule has 0 saturated carbocycles. The molecule has 0 N–H and O–H groups in total. The second-order valence-corrected chi connectivity index (χ2v) is 6.27. The lowest BCUT2D eigenvalue weighted by Gasteiger charge is -2.12. The molecule has 1 aliphatic heterocycles. The Labute approximate surface area is 150 Å². The average molecular weight is 366 g/mol. The minimum absolute atomic E-state index is 0.0644. The number of halogens is 2. The Morgan fingerprint density at radius 3 is 2.46 bits per heavy atom. The molecule has 1 atom stereocenters. The summed E-state index contributed by atoms with van der Waals surface area (Å²) in [6.07, 6.45) is 1.29. The van der Waals surface area contributed by atoms with Crippen molar-refractivity contribution in [3.8, 4) is 11.5 Å². The van der Waals surface area contributed by atoms with Gasteiger partial charge in [-0.25, -0.2) is 0 Å².